The molecule has 0 atom stereocenters. The van der Waals surface area contributed by atoms with E-state index in [4.69, 9.17) is 0 Å². The number of hydrogen-bond acceptors (Lipinski definition) is 0. The Bertz CT molecular complexity index is 3.61. The third kappa shape index (κ3) is 18.2. The second-order valence-electron chi connectivity index (χ2n) is 0. The topological polar surface area (TPSA) is 0 Å². The van der Waals surface area contributed by atoms with Gasteiger partial charge in [-0.3, -0.25) is 0 Å². The monoisotopic (exact) mass is 230 g/mol. The van der Waals surface area contributed by atoms with Crippen LogP contribution in [0.5, 0.6) is 0 Å². The van der Waals surface area contributed by atoms with Crippen molar-refractivity contribution in [1.29, 1.82) is 0 Å². The van der Waals surface area contributed by atoms with E-state index in [2.05, 4.69) is 0 Å². The van der Waals surface area contributed by atoms with Gasteiger partial charge in [0.05, 0.1) is 0 Å². The Balaban J connectivity index is 0. The van der Waals surface area contributed by atoms with Crippen molar-refractivity contribution in [3.05, 3.63) is 0 Å². The molecule has 0 saturated carbocycles. The van der Waals surface area contributed by atoms with Gasteiger partial charge in [-0.15, -0.1) is 0 Å². The van der Waals surface area contributed by atoms with Gasteiger partial charge in [0.15, 0.2) is 0 Å². The molecule has 0 aliphatic heterocycles. The van der Waals surface area contributed by atoms with Crippen LogP contribution in [0.3, 0.4) is 0 Å². The second-order valence-corrected chi connectivity index (χ2v) is 0. The summed E-state index contributed by atoms with van der Waals surface area (Å²) in [6, 6.07) is 0. The first-order valence-electron chi connectivity index (χ1n) is 0. The molecule has 0 rings (SSSR count). The zero-order chi connectivity index (χ0) is 0. The molecule has 0 aliphatic carbocycles. The minimum Gasteiger partial charge on any atom is 0 e. The molecule has 0 N–H and O–H groups in total. The van der Waals surface area contributed by atoms with Crippen LogP contribution in [0, 0.1) is 0 Å². The molecule has 0 fully saturated rings. The molecule has 0 aromatic carbocycles. The van der Waals surface area contributed by atoms with Crippen molar-refractivity contribution in [3.8, 4) is 0 Å². The molecule has 0 nitrogen and oxygen atoms in total. The van der Waals surface area contributed by atoms with Crippen LogP contribution in [0.25, 0.3) is 0 Å². The molecule has 8 radical (unpaired) electrons. The summed E-state index contributed by atoms with van der Waals surface area (Å²) in [5.74, 6) is 0. The normalized spacial score (nSPS) is 0. The Morgan fingerprint density at radius 3 is 0.400 bits per heavy atom. The zero-order valence-electron chi connectivity index (χ0n) is 4.50. The minimum atomic E-state index is 0. The summed E-state index contributed by atoms with van der Waals surface area (Å²) in [4.78, 5) is 0. The van der Waals surface area contributed by atoms with E-state index in [0.717, 1.165) is 0 Å². The van der Waals surface area contributed by atoms with Crippen LogP contribution in [0.1, 0.15) is 0 Å². The Morgan fingerprint density at radius 1 is 0.400 bits per heavy atom. The molecule has 5 heavy (non-hydrogen) atoms. The van der Waals surface area contributed by atoms with Gasteiger partial charge in [0.2, 0.25) is 0 Å². The van der Waals surface area contributed by atoms with Crippen LogP contribution in [-0.2, 0) is 0 Å². The maximum Gasteiger partial charge on any atom is 0 e. The van der Waals surface area contributed by atoms with Crippen molar-refractivity contribution in [2.45, 2.75) is 0 Å². The van der Waals surface area contributed by atoms with Gasteiger partial charge in [-0.05, 0) is 0 Å². The Hall–Kier alpha value is 7.09. The van der Waals surface area contributed by atoms with Gasteiger partial charge in [0, 0.05) is 223 Å². The van der Waals surface area contributed by atoms with Crippen molar-refractivity contribution in [3.63, 3.8) is 0 Å². The molecule has 0 spiro atoms. The SMILES string of the molecule is [Ge].[K].[K].[K].[K]. The summed E-state index contributed by atoms with van der Waals surface area (Å²) >= 11 is 0. The maximum atomic E-state index is 0. The summed E-state index contributed by atoms with van der Waals surface area (Å²) in [6.07, 6.45) is 0. The fourth-order valence-corrected chi connectivity index (χ4v) is 0. The van der Waals surface area contributed by atoms with E-state index < -0.39 is 0 Å². The Morgan fingerprint density at radius 2 is 0.400 bits per heavy atom. The summed E-state index contributed by atoms with van der Waals surface area (Å²) in [5, 5.41) is 0. The molecule has 0 unspecified atom stereocenters. The van der Waals surface area contributed by atoms with Crippen molar-refractivity contribution in [2.75, 3.05) is 0 Å². The molecule has 0 saturated heterocycles. The largest absolute Gasteiger partial charge is 0 e. The van der Waals surface area contributed by atoms with E-state index >= 15 is 0 Å². The van der Waals surface area contributed by atoms with Crippen molar-refractivity contribution in [2.24, 2.45) is 0 Å². The van der Waals surface area contributed by atoms with E-state index in [1.54, 1.807) is 0 Å². The van der Waals surface area contributed by atoms with Gasteiger partial charge in [-0.25, -0.2) is 0 Å². The zero-order valence-corrected chi connectivity index (χ0v) is 19.1. The average Bonchev–Trinajstić information content (AvgIpc) is 0. The molecule has 0 heterocycles. The fourth-order valence-electron chi connectivity index (χ4n) is 0. The predicted molar refractivity (Wildman–Crippen MR) is 28.8 cm³/mol. The van der Waals surface area contributed by atoms with E-state index in [-0.39, 0.29) is 223 Å². The summed E-state index contributed by atoms with van der Waals surface area (Å²) < 4.78 is 0. The second kappa shape index (κ2) is 22.5. The molecule has 0 aliphatic rings. The first-order chi connectivity index (χ1) is 0. The Labute approximate surface area is 214 Å². The molecule has 0 amide bonds. The van der Waals surface area contributed by atoms with Gasteiger partial charge in [-0.2, -0.15) is 0 Å². The third-order valence-corrected chi connectivity index (χ3v) is 0. The van der Waals surface area contributed by atoms with Gasteiger partial charge >= 0.3 is 0 Å². The van der Waals surface area contributed by atoms with Gasteiger partial charge in [0.25, 0.3) is 0 Å². The quantitative estimate of drug-likeness (QED) is 0.425. The minimum absolute atomic E-state index is 0. The number of hydrogen-bond donors (Lipinski definition) is 0. The fraction of sp³-hybridized carbons (Fsp3) is 0. The van der Waals surface area contributed by atoms with Crippen LogP contribution in [-0.4, -0.2) is 223 Å². The molecule has 0 bridgehead atoms. The van der Waals surface area contributed by atoms with E-state index in [0.29, 0.717) is 0 Å². The first kappa shape index (κ1) is 29.6. The van der Waals surface area contributed by atoms with E-state index in [1.165, 1.54) is 0 Å². The molecule has 8 valence electrons. The van der Waals surface area contributed by atoms with Gasteiger partial charge in [-0.1, -0.05) is 0 Å². The van der Waals surface area contributed by atoms with Crippen LogP contribution in [0.15, 0.2) is 0 Å². The molecule has 0 aromatic heterocycles. The maximum absolute atomic E-state index is 0. The van der Waals surface area contributed by atoms with Crippen molar-refractivity contribution in [1.82, 2.24) is 0 Å². The third-order valence-electron chi connectivity index (χ3n) is 0. The molecular formula is GeK4. The van der Waals surface area contributed by atoms with Crippen molar-refractivity contribution >= 4 is 223 Å². The standard InChI is InChI=1S/Ge.4K. The predicted octanol–water partition coefficient (Wildman–Crippen LogP) is -1.90. The van der Waals surface area contributed by atoms with Crippen LogP contribution in [0.2, 0.25) is 0 Å². The molecule has 0 aromatic rings. The summed E-state index contributed by atoms with van der Waals surface area (Å²) in [7, 11) is 0. The van der Waals surface area contributed by atoms with E-state index in [1.807, 2.05) is 0 Å². The summed E-state index contributed by atoms with van der Waals surface area (Å²) in [5.41, 5.74) is 0. The smallest absolute Gasteiger partial charge is 0 e. The van der Waals surface area contributed by atoms with Gasteiger partial charge < -0.3 is 0 Å². The van der Waals surface area contributed by atoms with Crippen LogP contribution >= 0.6 is 0 Å². The molecule has 5 heteroatoms. The average molecular weight is 229 g/mol. The number of rotatable bonds is 0. The van der Waals surface area contributed by atoms with Crippen molar-refractivity contribution < 1.29 is 0 Å². The van der Waals surface area contributed by atoms with Crippen LogP contribution < -0.4 is 0 Å². The molecular weight excluding hydrogens is 229 g/mol. The van der Waals surface area contributed by atoms with Crippen LogP contribution in [0.4, 0.5) is 0 Å². The Kier molecular flexibility index (Phi) is 133. The van der Waals surface area contributed by atoms with E-state index in [9.17, 15) is 0 Å². The summed E-state index contributed by atoms with van der Waals surface area (Å²) in [6.45, 7) is 0. The first-order valence-corrected chi connectivity index (χ1v) is 0. The van der Waals surface area contributed by atoms with Gasteiger partial charge in [0.1, 0.15) is 0 Å².